The molecule has 2 heterocycles. The van der Waals surface area contributed by atoms with Crippen molar-refractivity contribution in [3.63, 3.8) is 0 Å². The Labute approximate surface area is 272 Å². The highest BCUT2D eigenvalue weighted by atomic mass is 16.6. The minimum Gasteiger partial charge on any atom is -0.458 e. The fourth-order valence-electron chi connectivity index (χ4n) is 5.54. The van der Waals surface area contributed by atoms with Crippen molar-refractivity contribution in [1.29, 1.82) is 5.26 Å². The van der Waals surface area contributed by atoms with E-state index in [1.54, 1.807) is 24.3 Å². The largest absolute Gasteiger partial charge is 0.458 e. The second-order valence-electron chi connectivity index (χ2n) is 11.2. The summed E-state index contributed by atoms with van der Waals surface area (Å²) in [5.41, 5.74) is 6.67. The molecule has 0 N–H and O–H groups in total. The average molecular weight is 628 g/mol. The van der Waals surface area contributed by atoms with Gasteiger partial charge >= 0.3 is 12.0 Å². The smallest absolute Gasteiger partial charge is 0.323 e. The Morgan fingerprint density at radius 1 is 0.830 bits per heavy atom. The summed E-state index contributed by atoms with van der Waals surface area (Å²) < 4.78 is 12.1. The van der Waals surface area contributed by atoms with Gasteiger partial charge in [-0.3, -0.25) is 15.0 Å². The molecule has 4 aromatic carbocycles. The maximum absolute atomic E-state index is 11.2. The number of rotatable bonds is 11. The maximum atomic E-state index is 11.2. The molecule has 236 valence electrons. The fourth-order valence-corrected chi connectivity index (χ4v) is 5.54. The number of hydrogen-bond acceptors (Lipinski definition) is 10. The molecule has 0 aliphatic carbocycles. The highest BCUT2D eigenvalue weighted by Crippen LogP contribution is 2.27. The monoisotopic (exact) mass is 627 g/mol. The van der Waals surface area contributed by atoms with Crippen LogP contribution < -0.4 is 14.4 Å². The summed E-state index contributed by atoms with van der Waals surface area (Å²) in [5.74, 6) is 0.509. The molecule has 1 aliphatic rings. The molecule has 1 saturated heterocycles. The van der Waals surface area contributed by atoms with Crippen molar-refractivity contribution < 1.29 is 14.4 Å². The lowest BCUT2D eigenvalue weighted by Crippen LogP contribution is -2.46. The van der Waals surface area contributed by atoms with E-state index in [0.29, 0.717) is 44.1 Å². The van der Waals surface area contributed by atoms with Crippen LogP contribution in [0.4, 0.5) is 11.4 Å². The van der Waals surface area contributed by atoms with Gasteiger partial charge in [-0.05, 0) is 52.9 Å². The van der Waals surface area contributed by atoms with E-state index in [4.69, 9.17) is 9.47 Å². The van der Waals surface area contributed by atoms with Gasteiger partial charge in [0, 0.05) is 44.0 Å². The lowest BCUT2D eigenvalue weighted by atomic mass is 9.97. The standard InChI is InChI=1S/C36H33N7O4/c1-26-30(12-6-15-33(26)29-10-3-2-4-11-29)25-47-36-39-34(38-35(40-36)46-24-28-9-5-8-27(20-28)22-37)23-41-16-18-42(19-17-41)31-13-7-14-32(21-31)43(44)45/h2-15,20-21H,16-19,23-25H2,1H3. The number of hydrogen-bond donors (Lipinski definition) is 0. The summed E-state index contributed by atoms with van der Waals surface area (Å²) in [7, 11) is 0. The molecular formula is C36H33N7O4. The third-order valence-corrected chi connectivity index (χ3v) is 8.10. The number of aromatic nitrogens is 3. The number of nitrogens with zero attached hydrogens (tertiary/aromatic N) is 7. The van der Waals surface area contributed by atoms with Crippen molar-refractivity contribution in [2.24, 2.45) is 0 Å². The lowest BCUT2D eigenvalue weighted by Gasteiger charge is -2.35. The van der Waals surface area contributed by atoms with Crippen molar-refractivity contribution in [2.75, 3.05) is 31.1 Å². The van der Waals surface area contributed by atoms with Crippen LogP contribution >= 0.6 is 0 Å². The van der Waals surface area contributed by atoms with E-state index in [2.05, 4.69) is 55.9 Å². The van der Waals surface area contributed by atoms with Gasteiger partial charge in [0.25, 0.3) is 5.69 Å². The van der Waals surface area contributed by atoms with Crippen molar-refractivity contribution in [2.45, 2.75) is 26.7 Å². The summed E-state index contributed by atoms with van der Waals surface area (Å²) in [5, 5.41) is 20.5. The molecule has 0 bridgehead atoms. The number of nitro benzene ring substituents is 1. The average Bonchev–Trinajstić information content (AvgIpc) is 3.11. The fraction of sp³-hybridized carbons (Fsp3) is 0.222. The molecule has 11 heteroatoms. The van der Waals surface area contributed by atoms with Gasteiger partial charge in [0.05, 0.1) is 23.1 Å². The zero-order chi connectivity index (χ0) is 32.6. The van der Waals surface area contributed by atoms with Crippen molar-refractivity contribution in [1.82, 2.24) is 19.9 Å². The molecule has 0 radical (unpaired) electrons. The van der Waals surface area contributed by atoms with Gasteiger partial charge in [0.2, 0.25) is 0 Å². The van der Waals surface area contributed by atoms with Crippen LogP contribution in [-0.4, -0.2) is 51.0 Å². The van der Waals surface area contributed by atoms with E-state index in [1.807, 2.05) is 48.5 Å². The third-order valence-electron chi connectivity index (χ3n) is 8.10. The van der Waals surface area contributed by atoms with Crippen LogP contribution in [0.5, 0.6) is 12.0 Å². The minimum absolute atomic E-state index is 0.0801. The van der Waals surface area contributed by atoms with Crippen LogP contribution in [-0.2, 0) is 19.8 Å². The molecular weight excluding hydrogens is 594 g/mol. The molecule has 0 atom stereocenters. The summed E-state index contributed by atoms with van der Waals surface area (Å²) in [6.07, 6.45) is 0. The Morgan fingerprint density at radius 2 is 1.55 bits per heavy atom. The first-order valence-corrected chi connectivity index (χ1v) is 15.3. The van der Waals surface area contributed by atoms with E-state index in [9.17, 15) is 15.4 Å². The first kappa shape index (κ1) is 31.1. The van der Waals surface area contributed by atoms with Crippen LogP contribution in [0.2, 0.25) is 0 Å². The van der Waals surface area contributed by atoms with Gasteiger partial charge in [-0.1, -0.05) is 66.7 Å². The third kappa shape index (κ3) is 7.87. The molecule has 0 spiro atoms. The second kappa shape index (κ2) is 14.5. The van der Waals surface area contributed by atoms with E-state index in [-0.39, 0.29) is 35.8 Å². The van der Waals surface area contributed by atoms with Gasteiger partial charge in [-0.15, -0.1) is 4.98 Å². The Morgan fingerprint density at radius 3 is 2.30 bits per heavy atom. The van der Waals surface area contributed by atoms with Gasteiger partial charge in [-0.25, -0.2) is 0 Å². The number of nitro groups is 1. The maximum Gasteiger partial charge on any atom is 0.323 e. The number of ether oxygens (including phenoxy) is 2. The molecule has 1 fully saturated rings. The summed E-state index contributed by atoms with van der Waals surface area (Å²) >= 11 is 0. The number of nitriles is 1. The van der Waals surface area contributed by atoms with Crippen molar-refractivity contribution in [3.05, 3.63) is 135 Å². The van der Waals surface area contributed by atoms with Crippen LogP contribution in [0.25, 0.3) is 11.1 Å². The van der Waals surface area contributed by atoms with E-state index in [0.717, 1.165) is 33.5 Å². The molecule has 1 aliphatic heterocycles. The van der Waals surface area contributed by atoms with Crippen LogP contribution in [0.15, 0.2) is 97.1 Å². The minimum atomic E-state index is -0.374. The van der Waals surface area contributed by atoms with E-state index in [1.165, 1.54) is 6.07 Å². The number of non-ortho nitro benzene ring substituents is 1. The van der Waals surface area contributed by atoms with Crippen LogP contribution in [0.1, 0.15) is 28.1 Å². The molecule has 6 rings (SSSR count). The predicted octanol–water partition coefficient (Wildman–Crippen LogP) is 6.11. The zero-order valence-corrected chi connectivity index (χ0v) is 26.0. The van der Waals surface area contributed by atoms with Crippen LogP contribution in [0, 0.1) is 28.4 Å². The Balaban J connectivity index is 1.18. The molecule has 11 nitrogen and oxygen atoms in total. The van der Waals surface area contributed by atoms with Gasteiger partial charge in [-0.2, -0.15) is 15.2 Å². The second-order valence-corrected chi connectivity index (χ2v) is 11.2. The molecule has 0 saturated carbocycles. The van der Waals surface area contributed by atoms with Gasteiger partial charge < -0.3 is 14.4 Å². The van der Waals surface area contributed by atoms with Gasteiger partial charge in [0.15, 0.2) is 5.82 Å². The van der Waals surface area contributed by atoms with Crippen molar-refractivity contribution in [3.8, 4) is 29.2 Å². The number of benzene rings is 4. The van der Waals surface area contributed by atoms with Gasteiger partial charge in [0.1, 0.15) is 13.2 Å². The molecule has 47 heavy (non-hydrogen) atoms. The summed E-state index contributed by atoms with van der Waals surface area (Å²) in [4.78, 5) is 29.0. The Kier molecular flexibility index (Phi) is 9.60. The molecule has 0 amide bonds. The summed E-state index contributed by atoms with van der Waals surface area (Å²) in [6, 6.07) is 32.7. The SMILES string of the molecule is Cc1c(COc2nc(CN3CCN(c4cccc([N+](=O)[O-])c4)CC3)nc(OCc3cccc(C#N)c3)n2)cccc1-c1ccccc1. The van der Waals surface area contributed by atoms with Crippen LogP contribution in [0.3, 0.4) is 0 Å². The van der Waals surface area contributed by atoms with E-state index < -0.39 is 0 Å². The Bertz CT molecular complexity index is 1900. The normalized spacial score (nSPS) is 13.1. The molecule has 1 aromatic heterocycles. The summed E-state index contributed by atoms with van der Waals surface area (Å²) in [6.45, 7) is 5.80. The number of anilines is 1. The van der Waals surface area contributed by atoms with Crippen molar-refractivity contribution >= 4 is 11.4 Å². The zero-order valence-electron chi connectivity index (χ0n) is 26.0. The molecule has 5 aromatic rings. The molecule has 0 unspecified atom stereocenters. The predicted molar refractivity (Wildman–Crippen MR) is 177 cm³/mol. The highest BCUT2D eigenvalue weighted by molar-refractivity contribution is 5.68. The lowest BCUT2D eigenvalue weighted by molar-refractivity contribution is -0.384. The quantitative estimate of drug-likeness (QED) is 0.125. The van der Waals surface area contributed by atoms with E-state index >= 15 is 0 Å². The highest BCUT2D eigenvalue weighted by Gasteiger charge is 2.21. The first-order valence-electron chi connectivity index (χ1n) is 15.3. The number of piperazine rings is 1. The Hall–Kier alpha value is -5.86. The first-order chi connectivity index (χ1) is 22.9. The topological polar surface area (TPSA) is 131 Å².